The van der Waals surface area contributed by atoms with Crippen LogP contribution in [0.1, 0.15) is 26.3 Å². The summed E-state index contributed by atoms with van der Waals surface area (Å²) in [4.78, 5) is 2.66. The van der Waals surface area contributed by atoms with Gasteiger partial charge < -0.3 is 13.8 Å². The fourth-order valence-corrected chi connectivity index (χ4v) is 12.7. The number of rotatable bonds is 1. The van der Waals surface area contributed by atoms with Gasteiger partial charge in [-0.05, 0) is 82.1 Å². The molecule has 2 aliphatic rings. The molecule has 0 fully saturated rings. The van der Waals surface area contributed by atoms with Gasteiger partial charge in [0.05, 0.1) is 11.0 Å². The molecular formula is C52H33BN2OS2. The third-order valence-corrected chi connectivity index (χ3v) is 15.4. The molecule has 58 heavy (non-hydrogen) atoms. The van der Waals surface area contributed by atoms with Crippen LogP contribution in [0.2, 0.25) is 0 Å². The van der Waals surface area contributed by atoms with Crippen LogP contribution < -0.4 is 15.7 Å². The maximum absolute atomic E-state index is 6.68. The van der Waals surface area contributed by atoms with Crippen molar-refractivity contribution >= 4 is 136 Å². The third-order valence-electron chi connectivity index (χ3n) is 13.1. The fraction of sp³-hybridized carbons (Fsp3) is 0.0769. The van der Waals surface area contributed by atoms with E-state index in [1.54, 1.807) is 0 Å². The Balaban J connectivity index is 1.17. The van der Waals surface area contributed by atoms with Crippen molar-refractivity contribution in [3.05, 3.63) is 151 Å². The highest BCUT2D eigenvalue weighted by Crippen LogP contribution is 2.50. The molecular weight excluding hydrogens is 744 g/mol. The first-order chi connectivity index (χ1) is 28.4. The Morgan fingerprint density at radius 3 is 1.95 bits per heavy atom. The van der Waals surface area contributed by atoms with Crippen LogP contribution in [0.15, 0.2) is 150 Å². The predicted octanol–water partition coefficient (Wildman–Crippen LogP) is 14.0. The summed E-state index contributed by atoms with van der Waals surface area (Å²) in [5.41, 5.74) is 14.6. The molecule has 8 aromatic carbocycles. The number of para-hydroxylation sites is 1. The van der Waals surface area contributed by atoms with Crippen molar-refractivity contribution in [1.29, 1.82) is 0 Å². The van der Waals surface area contributed by atoms with Crippen LogP contribution in [0.25, 0.3) is 101 Å². The molecule has 0 radical (unpaired) electrons. The topological polar surface area (TPSA) is 21.3 Å². The van der Waals surface area contributed by atoms with Crippen molar-refractivity contribution in [2.24, 2.45) is 0 Å². The molecule has 14 rings (SSSR count). The first kappa shape index (κ1) is 31.7. The molecule has 0 aliphatic carbocycles. The first-order valence-corrected chi connectivity index (χ1v) is 21.7. The SMILES string of the molecule is CC(C)(C)c1ccc(N2B3c4cc5c(cc4-n4c6cc7c(cc6c6ccc(c3c64)-c3cc4sc6ccccc6c4cc32)sc2ccccc27)oc2ccccc25)cc1. The molecule has 3 nitrogen and oxygen atoms in total. The number of nitrogens with zero attached hydrogens (tertiary/aromatic N) is 2. The van der Waals surface area contributed by atoms with Crippen LogP contribution in [-0.2, 0) is 5.41 Å². The summed E-state index contributed by atoms with van der Waals surface area (Å²) in [6.45, 7) is 6.81. The van der Waals surface area contributed by atoms with Crippen LogP contribution >= 0.6 is 22.7 Å². The summed E-state index contributed by atoms with van der Waals surface area (Å²) in [6.07, 6.45) is 0. The van der Waals surface area contributed by atoms with Crippen LogP contribution in [0.3, 0.4) is 0 Å². The van der Waals surface area contributed by atoms with E-state index in [9.17, 15) is 0 Å². The molecule has 4 aromatic heterocycles. The lowest BCUT2D eigenvalue weighted by Gasteiger charge is -2.42. The van der Waals surface area contributed by atoms with Crippen molar-refractivity contribution < 1.29 is 4.42 Å². The van der Waals surface area contributed by atoms with Crippen molar-refractivity contribution in [2.75, 3.05) is 4.81 Å². The van der Waals surface area contributed by atoms with E-state index in [4.69, 9.17) is 4.42 Å². The number of furan rings is 1. The molecule has 6 heterocycles. The van der Waals surface area contributed by atoms with Crippen LogP contribution in [0.4, 0.5) is 11.4 Å². The quantitative estimate of drug-likeness (QED) is 0.155. The summed E-state index contributed by atoms with van der Waals surface area (Å²) in [7, 11) is 0. The van der Waals surface area contributed by atoms with Gasteiger partial charge in [0.25, 0.3) is 0 Å². The van der Waals surface area contributed by atoms with Gasteiger partial charge in [0.2, 0.25) is 0 Å². The van der Waals surface area contributed by atoms with Crippen molar-refractivity contribution in [3.63, 3.8) is 0 Å². The fourth-order valence-electron chi connectivity index (χ4n) is 10.4. The monoisotopic (exact) mass is 776 g/mol. The normalized spacial score (nSPS) is 13.7. The van der Waals surface area contributed by atoms with Gasteiger partial charge in [0.1, 0.15) is 11.2 Å². The molecule has 2 aliphatic heterocycles. The van der Waals surface area contributed by atoms with Crippen LogP contribution in [-0.4, -0.2) is 11.4 Å². The number of hydrogen-bond acceptors (Lipinski definition) is 4. The second kappa shape index (κ2) is 10.8. The number of hydrogen-bond donors (Lipinski definition) is 0. The lowest BCUT2D eigenvalue weighted by atomic mass is 9.44. The zero-order valence-corrected chi connectivity index (χ0v) is 33.7. The van der Waals surface area contributed by atoms with Gasteiger partial charge in [-0.25, -0.2) is 0 Å². The van der Waals surface area contributed by atoms with E-state index in [2.05, 4.69) is 176 Å². The van der Waals surface area contributed by atoms with E-state index in [-0.39, 0.29) is 12.3 Å². The van der Waals surface area contributed by atoms with Gasteiger partial charge in [-0.3, -0.25) is 0 Å². The summed E-state index contributed by atoms with van der Waals surface area (Å²) in [5.74, 6) is 0. The van der Waals surface area contributed by atoms with E-state index in [0.717, 1.165) is 21.9 Å². The second-order valence-electron chi connectivity index (χ2n) is 17.3. The molecule has 0 atom stereocenters. The largest absolute Gasteiger partial charge is 0.456 e. The van der Waals surface area contributed by atoms with Crippen molar-refractivity contribution in [1.82, 2.24) is 4.57 Å². The van der Waals surface area contributed by atoms with E-state index in [0.29, 0.717) is 0 Å². The molecule has 12 aromatic rings. The smallest absolute Gasteiger partial charge is 0.333 e. The highest BCUT2D eigenvalue weighted by Gasteiger charge is 2.44. The number of thiophene rings is 2. The van der Waals surface area contributed by atoms with E-state index >= 15 is 0 Å². The maximum atomic E-state index is 6.68. The van der Waals surface area contributed by atoms with E-state index < -0.39 is 0 Å². The minimum atomic E-state index is -0.0825. The van der Waals surface area contributed by atoms with Gasteiger partial charge in [-0.2, -0.15) is 0 Å². The number of aromatic nitrogens is 1. The van der Waals surface area contributed by atoms with Gasteiger partial charge in [-0.15, -0.1) is 22.7 Å². The molecule has 6 heteroatoms. The maximum Gasteiger partial charge on any atom is 0.333 e. The molecule has 0 amide bonds. The first-order valence-electron chi connectivity index (χ1n) is 20.1. The van der Waals surface area contributed by atoms with Gasteiger partial charge in [0.15, 0.2) is 0 Å². The Kier molecular flexibility index (Phi) is 5.90. The Morgan fingerprint density at radius 2 is 1.19 bits per heavy atom. The second-order valence-corrected chi connectivity index (χ2v) is 19.4. The number of anilines is 2. The zero-order valence-electron chi connectivity index (χ0n) is 32.1. The average molecular weight is 777 g/mol. The minimum absolute atomic E-state index is 0.0459. The number of benzene rings is 8. The highest BCUT2D eigenvalue weighted by molar-refractivity contribution is 7.26. The summed E-state index contributed by atoms with van der Waals surface area (Å²) >= 11 is 3.79. The zero-order chi connectivity index (χ0) is 38.2. The van der Waals surface area contributed by atoms with Crippen molar-refractivity contribution in [3.8, 4) is 16.8 Å². The Bertz CT molecular complexity index is 3800. The van der Waals surface area contributed by atoms with Crippen molar-refractivity contribution in [2.45, 2.75) is 26.2 Å². The molecule has 0 saturated heterocycles. The summed E-state index contributed by atoms with van der Waals surface area (Å²) < 4.78 is 14.6. The van der Waals surface area contributed by atoms with Gasteiger partial charge in [0, 0.05) is 90.6 Å². The molecule has 0 N–H and O–H groups in total. The Labute approximate surface area is 342 Å². The minimum Gasteiger partial charge on any atom is -0.456 e. The van der Waals surface area contributed by atoms with Crippen LogP contribution in [0, 0.1) is 0 Å². The Hall–Kier alpha value is -6.34. The molecule has 0 saturated carbocycles. The molecule has 272 valence electrons. The van der Waals surface area contributed by atoms with Gasteiger partial charge >= 0.3 is 6.85 Å². The predicted molar refractivity (Wildman–Crippen MR) is 252 cm³/mol. The highest BCUT2D eigenvalue weighted by atomic mass is 32.1. The lowest BCUT2D eigenvalue weighted by molar-refractivity contribution is 0.590. The lowest BCUT2D eigenvalue weighted by Crippen LogP contribution is -2.60. The molecule has 0 bridgehead atoms. The van der Waals surface area contributed by atoms with Gasteiger partial charge in [-0.1, -0.05) is 106 Å². The van der Waals surface area contributed by atoms with Crippen LogP contribution in [0.5, 0.6) is 0 Å². The standard InChI is InChI=1S/C52H33BN2OS2/c1-52(2,3)28-16-18-29(19-17-28)55-42-24-39-32-12-6-9-15-47(32)57-48(39)25-35(42)33-20-21-34-36-26-49-38(31-11-5-8-14-46(31)58-49)23-41(36)54-43-27-45-37(30-10-4-7-13-44(30)56-45)22-40(43)53(55)50(33)51(34)54/h4-27H,1-3H3. The third kappa shape index (κ3) is 3.99. The average Bonchev–Trinajstić information content (AvgIpc) is 3.99. The number of fused-ring (bicyclic) bond motifs is 17. The molecule has 0 unspecified atom stereocenters. The summed E-state index contributed by atoms with van der Waals surface area (Å²) in [5, 5.41) is 10.2. The van der Waals surface area contributed by atoms with E-state index in [1.165, 1.54) is 107 Å². The summed E-state index contributed by atoms with van der Waals surface area (Å²) in [6, 6.07) is 55.1. The molecule has 0 spiro atoms. The Morgan fingerprint density at radius 1 is 0.500 bits per heavy atom. The van der Waals surface area contributed by atoms with E-state index in [1.807, 2.05) is 22.7 Å².